The molecule has 1 N–H and O–H groups in total. The maximum absolute atomic E-state index is 13.4. The quantitative estimate of drug-likeness (QED) is 0.602. The number of nitrogens with one attached hydrogen (secondary N) is 1. The SMILES string of the molecule is COc1ccc(Br)cc1C1Nc2ccccc2C(=O)N1c1ccc(C)cc1. The molecule has 136 valence electrons. The van der Waals surface area contributed by atoms with E-state index in [-0.39, 0.29) is 12.1 Å². The number of aryl methyl sites for hydroxylation is 1. The van der Waals surface area contributed by atoms with E-state index in [1.807, 2.05) is 73.7 Å². The first-order chi connectivity index (χ1) is 13.1. The fourth-order valence-corrected chi connectivity index (χ4v) is 3.74. The molecule has 1 amide bonds. The maximum atomic E-state index is 13.4. The van der Waals surface area contributed by atoms with Crippen molar-refractivity contribution in [2.45, 2.75) is 13.1 Å². The van der Waals surface area contributed by atoms with Gasteiger partial charge in [-0.2, -0.15) is 0 Å². The van der Waals surface area contributed by atoms with E-state index >= 15 is 0 Å². The van der Waals surface area contributed by atoms with E-state index in [0.29, 0.717) is 5.56 Å². The molecule has 0 radical (unpaired) electrons. The average Bonchev–Trinajstić information content (AvgIpc) is 2.69. The minimum absolute atomic E-state index is 0.0415. The Hall–Kier alpha value is -2.79. The number of para-hydroxylation sites is 1. The van der Waals surface area contributed by atoms with Crippen LogP contribution in [0.25, 0.3) is 0 Å². The van der Waals surface area contributed by atoms with Crippen molar-refractivity contribution < 1.29 is 9.53 Å². The first-order valence-corrected chi connectivity index (χ1v) is 9.47. The van der Waals surface area contributed by atoms with Gasteiger partial charge in [-0.05, 0) is 49.4 Å². The van der Waals surface area contributed by atoms with Crippen molar-refractivity contribution in [1.29, 1.82) is 0 Å². The highest BCUT2D eigenvalue weighted by Crippen LogP contribution is 2.40. The zero-order chi connectivity index (χ0) is 19.0. The second-order valence-electron chi connectivity index (χ2n) is 6.49. The standard InChI is InChI=1S/C22H19BrN2O2/c1-14-7-10-16(11-8-14)25-21(18-13-15(23)9-12-20(18)27-2)24-19-6-4-3-5-17(19)22(25)26/h3-13,21,24H,1-2H3. The number of hydrogen-bond acceptors (Lipinski definition) is 3. The third-order valence-corrected chi connectivity index (χ3v) is 5.22. The van der Waals surface area contributed by atoms with Gasteiger partial charge in [0.15, 0.2) is 0 Å². The minimum atomic E-state index is -0.387. The number of benzene rings is 3. The van der Waals surface area contributed by atoms with Gasteiger partial charge in [-0.25, -0.2) is 0 Å². The second-order valence-corrected chi connectivity index (χ2v) is 7.41. The zero-order valence-electron chi connectivity index (χ0n) is 15.1. The van der Waals surface area contributed by atoms with E-state index < -0.39 is 0 Å². The molecule has 4 rings (SSSR count). The van der Waals surface area contributed by atoms with Gasteiger partial charge in [0.2, 0.25) is 0 Å². The number of carbonyl (C=O) groups is 1. The predicted octanol–water partition coefficient (Wildman–Crippen LogP) is 5.54. The van der Waals surface area contributed by atoms with Gasteiger partial charge in [-0.15, -0.1) is 0 Å². The Kier molecular flexibility index (Phi) is 4.62. The summed E-state index contributed by atoms with van der Waals surface area (Å²) in [6, 6.07) is 21.4. The van der Waals surface area contributed by atoms with Crippen LogP contribution in [0.2, 0.25) is 0 Å². The summed E-state index contributed by atoms with van der Waals surface area (Å²) in [7, 11) is 1.64. The third kappa shape index (κ3) is 3.19. The van der Waals surface area contributed by atoms with Crippen molar-refractivity contribution in [3.63, 3.8) is 0 Å². The highest BCUT2D eigenvalue weighted by atomic mass is 79.9. The number of halogens is 1. The van der Waals surface area contributed by atoms with Gasteiger partial charge >= 0.3 is 0 Å². The molecular formula is C22H19BrN2O2. The van der Waals surface area contributed by atoms with E-state index in [2.05, 4.69) is 21.2 Å². The van der Waals surface area contributed by atoms with Crippen molar-refractivity contribution in [3.05, 3.63) is 87.9 Å². The van der Waals surface area contributed by atoms with Crippen molar-refractivity contribution in [2.75, 3.05) is 17.3 Å². The first kappa shape index (κ1) is 17.6. The summed E-state index contributed by atoms with van der Waals surface area (Å²) in [6.45, 7) is 2.03. The Morgan fingerprint density at radius 1 is 1.04 bits per heavy atom. The molecule has 1 unspecified atom stereocenters. The molecule has 3 aromatic carbocycles. The lowest BCUT2D eigenvalue weighted by molar-refractivity contribution is 0.0974. The maximum Gasteiger partial charge on any atom is 0.262 e. The number of anilines is 2. The molecule has 0 spiro atoms. The molecule has 1 aliphatic heterocycles. The Morgan fingerprint density at radius 3 is 2.52 bits per heavy atom. The average molecular weight is 423 g/mol. The molecule has 0 aromatic heterocycles. The van der Waals surface area contributed by atoms with Crippen LogP contribution in [0.5, 0.6) is 5.75 Å². The molecule has 1 atom stereocenters. The Morgan fingerprint density at radius 2 is 1.78 bits per heavy atom. The summed E-state index contributed by atoms with van der Waals surface area (Å²) in [6.07, 6.45) is -0.387. The molecule has 1 heterocycles. The Labute approximate surface area is 166 Å². The van der Waals surface area contributed by atoms with E-state index in [4.69, 9.17) is 4.74 Å². The number of hydrogen-bond donors (Lipinski definition) is 1. The minimum Gasteiger partial charge on any atom is -0.496 e. The van der Waals surface area contributed by atoms with Gasteiger partial charge in [0.25, 0.3) is 5.91 Å². The molecule has 0 saturated heterocycles. The Balaban J connectivity index is 1.90. The fourth-order valence-electron chi connectivity index (χ4n) is 3.36. The molecule has 1 aliphatic rings. The lowest BCUT2D eigenvalue weighted by atomic mass is 10.0. The van der Waals surface area contributed by atoms with Crippen molar-refractivity contribution >= 4 is 33.2 Å². The van der Waals surface area contributed by atoms with Crippen LogP contribution in [0.15, 0.2) is 71.2 Å². The van der Waals surface area contributed by atoms with E-state index in [9.17, 15) is 4.79 Å². The normalized spacial score (nSPS) is 15.9. The predicted molar refractivity (Wildman–Crippen MR) is 111 cm³/mol. The van der Waals surface area contributed by atoms with Gasteiger partial charge in [0.05, 0.1) is 12.7 Å². The molecule has 0 aliphatic carbocycles. The third-order valence-electron chi connectivity index (χ3n) is 4.73. The van der Waals surface area contributed by atoms with Gasteiger partial charge < -0.3 is 10.1 Å². The van der Waals surface area contributed by atoms with E-state index in [0.717, 1.165) is 32.7 Å². The molecule has 27 heavy (non-hydrogen) atoms. The highest BCUT2D eigenvalue weighted by molar-refractivity contribution is 9.10. The summed E-state index contributed by atoms with van der Waals surface area (Å²) in [5, 5.41) is 3.51. The molecule has 4 nitrogen and oxygen atoms in total. The summed E-state index contributed by atoms with van der Waals surface area (Å²) in [5.74, 6) is 0.681. The van der Waals surface area contributed by atoms with Crippen molar-refractivity contribution in [2.24, 2.45) is 0 Å². The van der Waals surface area contributed by atoms with Crippen LogP contribution >= 0.6 is 15.9 Å². The summed E-state index contributed by atoms with van der Waals surface area (Å²) in [4.78, 5) is 15.2. The number of rotatable bonds is 3. The van der Waals surface area contributed by atoms with Crippen LogP contribution in [0.4, 0.5) is 11.4 Å². The molecule has 0 bridgehead atoms. The largest absolute Gasteiger partial charge is 0.496 e. The molecule has 3 aromatic rings. The van der Waals surface area contributed by atoms with Crippen LogP contribution in [0.1, 0.15) is 27.7 Å². The first-order valence-electron chi connectivity index (χ1n) is 8.67. The zero-order valence-corrected chi connectivity index (χ0v) is 16.7. The monoisotopic (exact) mass is 422 g/mol. The Bertz CT molecular complexity index is 1000. The topological polar surface area (TPSA) is 41.6 Å². The molecule has 5 heteroatoms. The number of ether oxygens (including phenoxy) is 1. The molecule has 0 saturated carbocycles. The summed E-state index contributed by atoms with van der Waals surface area (Å²) < 4.78 is 6.51. The summed E-state index contributed by atoms with van der Waals surface area (Å²) in [5.41, 5.74) is 4.34. The number of nitrogens with zero attached hydrogens (tertiary/aromatic N) is 1. The number of carbonyl (C=O) groups excluding carboxylic acids is 1. The van der Waals surface area contributed by atoms with E-state index in [1.54, 1.807) is 12.0 Å². The van der Waals surface area contributed by atoms with Crippen LogP contribution in [-0.4, -0.2) is 13.0 Å². The van der Waals surface area contributed by atoms with Crippen LogP contribution in [-0.2, 0) is 0 Å². The number of amides is 1. The second kappa shape index (κ2) is 7.08. The lowest BCUT2D eigenvalue weighted by Gasteiger charge is -2.38. The smallest absolute Gasteiger partial charge is 0.262 e. The van der Waals surface area contributed by atoms with Crippen molar-refractivity contribution in [1.82, 2.24) is 0 Å². The number of methoxy groups -OCH3 is 1. The van der Waals surface area contributed by atoms with Crippen molar-refractivity contribution in [3.8, 4) is 5.75 Å². The van der Waals surface area contributed by atoms with Crippen LogP contribution < -0.4 is 15.0 Å². The van der Waals surface area contributed by atoms with Gasteiger partial charge in [-0.3, -0.25) is 9.69 Å². The van der Waals surface area contributed by atoms with E-state index in [1.165, 1.54) is 0 Å². The lowest BCUT2D eigenvalue weighted by Crippen LogP contribution is -2.43. The van der Waals surface area contributed by atoms with Gasteiger partial charge in [-0.1, -0.05) is 45.8 Å². The highest BCUT2D eigenvalue weighted by Gasteiger charge is 2.35. The fraction of sp³-hybridized carbons (Fsp3) is 0.136. The molecular weight excluding hydrogens is 404 g/mol. The van der Waals surface area contributed by atoms with Crippen LogP contribution in [0, 0.1) is 6.92 Å². The van der Waals surface area contributed by atoms with Gasteiger partial charge in [0.1, 0.15) is 11.9 Å². The number of fused-ring (bicyclic) bond motifs is 1. The van der Waals surface area contributed by atoms with Gasteiger partial charge in [0, 0.05) is 21.4 Å². The van der Waals surface area contributed by atoms with Crippen LogP contribution in [0.3, 0.4) is 0 Å². The summed E-state index contributed by atoms with van der Waals surface area (Å²) >= 11 is 3.54. The molecule has 0 fully saturated rings.